The fourth-order valence-corrected chi connectivity index (χ4v) is 2.93. The van der Waals surface area contributed by atoms with Crippen molar-refractivity contribution in [2.24, 2.45) is 0 Å². The quantitative estimate of drug-likeness (QED) is 0.310. The van der Waals surface area contributed by atoms with E-state index in [9.17, 15) is 9.50 Å². The van der Waals surface area contributed by atoms with Gasteiger partial charge in [-0.2, -0.15) is 4.57 Å². The van der Waals surface area contributed by atoms with Gasteiger partial charge in [0, 0.05) is 22.8 Å². The number of aryl methyl sites for hydroxylation is 1. The van der Waals surface area contributed by atoms with Gasteiger partial charge in [-0.05, 0) is 48.1 Å². The molecule has 0 saturated carbocycles. The average Bonchev–Trinajstić information content (AvgIpc) is 2.66. The molecule has 3 aromatic rings. The Labute approximate surface area is 167 Å². The largest absolute Gasteiger partial charge is 0.867 e. The smallest absolute Gasteiger partial charge is 0.238 e. The van der Waals surface area contributed by atoms with E-state index in [1.54, 1.807) is 72.4 Å². The van der Waals surface area contributed by atoms with Crippen LogP contribution in [0.3, 0.4) is 0 Å². The van der Waals surface area contributed by atoms with Crippen molar-refractivity contribution in [1.82, 2.24) is 0 Å². The summed E-state index contributed by atoms with van der Waals surface area (Å²) in [5.41, 5.74) is 1.71. The molecule has 3 nitrogen and oxygen atoms in total. The Hall–Kier alpha value is -2.76. The van der Waals surface area contributed by atoms with E-state index in [0.29, 0.717) is 21.8 Å². The predicted octanol–water partition coefficient (Wildman–Crippen LogP) is 4.20. The molecule has 0 atom stereocenters. The number of pyridine rings is 1. The zero-order valence-electron chi connectivity index (χ0n) is 14.4. The van der Waals surface area contributed by atoms with E-state index in [0.717, 1.165) is 0 Å². The van der Waals surface area contributed by atoms with Crippen LogP contribution in [-0.4, -0.2) is 4.99 Å². The topological polar surface area (TPSA) is 39.0 Å². The van der Waals surface area contributed by atoms with Gasteiger partial charge in [-0.1, -0.05) is 48.1 Å². The van der Waals surface area contributed by atoms with Crippen molar-refractivity contribution in [2.75, 3.05) is 5.32 Å². The fraction of sp³-hybridized carbons (Fsp3) is 0.0476. The average molecular weight is 399 g/mol. The molecular weight excluding hydrogens is 383 g/mol. The molecule has 2 aromatic carbocycles. The van der Waals surface area contributed by atoms with Crippen LogP contribution in [0.15, 0.2) is 73.1 Å². The molecule has 0 bridgehead atoms. The van der Waals surface area contributed by atoms with Crippen LogP contribution in [0.25, 0.3) is 11.5 Å². The molecule has 0 aliphatic rings. The Bertz CT molecular complexity index is 1000. The van der Waals surface area contributed by atoms with E-state index in [4.69, 9.17) is 23.8 Å². The molecule has 0 amide bonds. The van der Waals surface area contributed by atoms with Gasteiger partial charge in [0.2, 0.25) is 5.70 Å². The molecule has 136 valence electrons. The van der Waals surface area contributed by atoms with E-state index in [-0.39, 0.29) is 22.3 Å². The Kier molecular flexibility index (Phi) is 5.84. The summed E-state index contributed by atoms with van der Waals surface area (Å²) in [6.45, 7) is 1.68. The van der Waals surface area contributed by atoms with Gasteiger partial charge in [0.1, 0.15) is 5.82 Å². The third kappa shape index (κ3) is 4.51. The second kappa shape index (κ2) is 8.29. The van der Waals surface area contributed by atoms with E-state index in [1.165, 1.54) is 6.07 Å². The second-order valence-electron chi connectivity index (χ2n) is 5.89. The van der Waals surface area contributed by atoms with Gasteiger partial charge in [0.05, 0.1) is 0 Å². The van der Waals surface area contributed by atoms with E-state index in [2.05, 4.69) is 5.32 Å². The standard InChI is InChI=1S/C21H16ClFN2OS/c1-14-5-10-17(13-18(14)23)24-21(27)19(25-11-3-2-4-12-25)20(26)15-6-8-16(22)9-7-15/h2-13H,1H3,(H-,24,26,27). The Morgan fingerprint density at radius 3 is 2.37 bits per heavy atom. The summed E-state index contributed by atoms with van der Waals surface area (Å²) in [4.78, 5) is 0.189. The first-order chi connectivity index (χ1) is 13.0. The van der Waals surface area contributed by atoms with Crippen LogP contribution in [0, 0.1) is 12.7 Å². The molecular formula is C21H16ClFN2OS. The third-order valence-electron chi connectivity index (χ3n) is 3.94. The summed E-state index contributed by atoms with van der Waals surface area (Å²) in [5.74, 6) is -0.617. The molecule has 0 aliphatic heterocycles. The Morgan fingerprint density at radius 2 is 1.74 bits per heavy atom. The van der Waals surface area contributed by atoms with Crippen LogP contribution in [0.2, 0.25) is 5.02 Å². The fourth-order valence-electron chi connectivity index (χ4n) is 2.48. The number of nitrogens with zero attached hydrogens (tertiary/aromatic N) is 1. The highest BCUT2D eigenvalue weighted by Gasteiger charge is 2.19. The summed E-state index contributed by atoms with van der Waals surface area (Å²) in [6.07, 6.45) is 3.46. The summed E-state index contributed by atoms with van der Waals surface area (Å²) in [5, 5.41) is 16.6. The van der Waals surface area contributed by atoms with E-state index in [1.807, 2.05) is 6.07 Å². The van der Waals surface area contributed by atoms with Crippen molar-refractivity contribution in [3.05, 3.63) is 95.0 Å². The lowest BCUT2D eigenvalue weighted by Crippen LogP contribution is -2.39. The van der Waals surface area contributed by atoms with Gasteiger partial charge in [-0.15, -0.1) is 0 Å². The van der Waals surface area contributed by atoms with Gasteiger partial charge >= 0.3 is 0 Å². The number of aromatic nitrogens is 1. The lowest BCUT2D eigenvalue weighted by Gasteiger charge is -2.17. The predicted molar refractivity (Wildman–Crippen MR) is 109 cm³/mol. The lowest BCUT2D eigenvalue weighted by molar-refractivity contribution is -0.577. The highest BCUT2D eigenvalue weighted by molar-refractivity contribution is 7.81. The van der Waals surface area contributed by atoms with Crippen molar-refractivity contribution < 1.29 is 14.1 Å². The van der Waals surface area contributed by atoms with Gasteiger partial charge in [0.25, 0.3) is 0 Å². The maximum Gasteiger partial charge on any atom is 0.238 e. The maximum absolute atomic E-state index is 13.8. The van der Waals surface area contributed by atoms with Gasteiger partial charge in [0.15, 0.2) is 17.4 Å². The van der Waals surface area contributed by atoms with Crippen molar-refractivity contribution in [1.29, 1.82) is 0 Å². The minimum Gasteiger partial charge on any atom is -0.867 e. The van der Waals surface area contributed by atoms with E-state index < -0.39 is 0 Å². The zero-order chi connectivity index (χ0) is 19.4. The molecule has 1 N–H and O–H groups in total. The second-order valence-corrected chi connectivity index (χ2v) is 6.73. The Morgan fingerprint density at radius 1 is 1.07 bits per heavy atom. The number of rotatable bonds is 4. The molecule has 0 unspecified atom stereocenters. The molecule has 0 saturated heterocycles. The van der Waals surface area contributed by atoms with Crippen LogP contribution in [0.5, 0.6) is 0 Å². The van der Waals surface area contributed by atoms with Crippen molar-refractivity contribution in [3.63, 3.8) is 0 Å². The minimum atomic E-state index is -0.347. The molecule has 0 spiro atoms. The number of hydrogen-bond donors (Lipinski definition) is 1. The summed E-state index contributed by atoms with van der Waals surface area (Å²) in [6, 6.07) is 16.7. The summed E-state index contributed by atoms with van der Waals surface area (Å²) in [7, 11) is 0. The Balaban J connectivity index is 2.04. The highest BCUT2D eigenvalue weighted by atomic mass is 35.5. The molecule has 0 fully saturated rings. The number of nitrogens with one attached hydrogen (secondary N) is 1. The number of benzene rings is 2. The van der Waals surface area contributed by atoms with Gasteiger partial charge in [-0.3, -0.25) is 0 Å². The van der Waals surface area contributed by atoms with Gasteiger partial charge in [-0.25, -0.2) is 4.39 Å². The number of anilines is 1. The van der Waals surface area contributed by atoms with Crippen molar-refractivity contribution in [3.8, 4) is 0 Å². The number of hydrogen-bond acceptors (Lipinski definition) is 2. The van der Waals surface area contributed by atoms with Gasteiger partial charge < -0.3 is 10.4 Å². The maximum atomic E-state index is 13.8. The highest BCUT2D eigenvalue weighted by Crippen LogP contribution is 2.20. The molecule has 0 aliphatic carbocycles. The summed E-state index contributed by atoms with van der Waals surface area (Å²) < 4.78 is 15.5. The number of thiocarbonyl (C=S) groups is 1. The van der Waals surface area contributed by atoms with Crippen LogP contribution in [0.4, 0.5) is 10.1 Å². The van der Waals surface area contributed by atoms with Crippen LogP contribution in [0.1, 0.15) is 11.1 Å². The minimum absolute atomic E-state index is 0.189. The molecule has 27 heavy (non-hydrogen) atoms. The monoisotopic (exact) mass is 398 g/mol. The molecule has 0 radical (unpaired) electrons. The first kappa shape index (κ1) is 19.0. The lowest BCUT2D eigenvalue weighted by atomic mass is 10.1. The summed E-state index contributed by atoms with van der Waals surface area (Å²) >= 11 is 11.4. The molecule has 6 heteroatoms. The van der Waals surface area contributed by atoms with Crippen LogP contribution in [-0.2, 0) is 0 Å². The SMILES string of the molecule is Cc1ccc(NC(=S)C(=C([O-])c2ccc(Cl)cc2)[n+]2ccccc2)cc1F. The molecule has 1 aromatic heterocycles. The first-order valence-corrected chi connectivity index (χ1v) is 8.96. The van der Waals surface area contributed by atoms with Crippen molar-refractivity contribution >= 4 is 46.0 Å². The van der Waals surface area contributed by atoms with Crippen molar-refractivity contribution in [2.45, 2.75) is 6.92 Å². The molecule has 1 heterocycles. The first-order valence-electron chi connectivity index (χ1n) is 8.17. The third-order valence-corrected chi connectivity index (χ3v) is 4.49. The number of halogens is 2. The zero-order valence-corrected chi connectivity index (χ0v) is 16.0. The molecule has 3 rings (SSSR count). The normalized spacial score (nSPS) is 11.7. The van der Waals surface area contributed by atoms with Crippen LogP contribution >= 0.6 is 23.8 Å². The van der Waals surface area contributed by atoms with E-state index >= 15 is 0 Å². The van der Waals surface area contributed by atoms with Crippen LogP contribution < -0.4 is 15.0 Å².